The first kappa shape index (κ1) is 20.3. The van der Waals surface area contributed by atoms with E-state index in [1.165, 1.54) is 20.8 Å². The molecule has 30 heavy (non-hydrogen) atoms. The van der Waals surface area contributed by atoms with Crippen LogP contribution in [-0.2, 0) is 6.54 Å². The van der Waals surface area contributed by atoms with Gasteiger partial charge in [0.2, 0.25) is 5.52 Å². The average molecular weight is 474 g/mol. The standard InChI is InChI=1S/C25H20N3S.BrH/c1-2-17-27-23-9-5-6-10-24(23)29-25(27)16-13-19-11-14-20(15-12-19)28-18-26-21-7-3-4-8-22(21)28;/h2-16,18H,1,17H2;1H/q+1;/p-1. The second-order valence-electron chi connectivity index (χ2n) is 6.84. The van der Waals surface area contributed by atoms with E-state index in [2.05, 4.69) is 87.4 Å². The number of aromatic nitrogens is 3. The van der Waals surface area contributed by atoms with Crippen molar-refractivity contribution >= 4 is 44.7 Å². The summed E-state index contributed by atoms with van der Waals surface area (Å²) in [6.07, 6.45) is 8.18. The molecule has 0 amide bonds. The number of rotatable bonds is 5. The molecule has 2 heterocycles. The van der Waals surface area contributed by atoms with Gasteiger partial charge in [0.1, 0.15) is 11.0 Å². The lowest BCUT2D eigenvalue weighted by Crippen LogP contribution is -3.00. The number of hydrogen-bond donors (Lipinski definition) is 0. The molecule has 3 aromatic carbocycles. The molecule has 0 atom stereocenters. The third-order valence-corrected chi connectivity index (χ3v) is 6.12. The summed E-state index contributed by atoms with van der Waals surface area (Å²) in [4.78, 5) is 4.48. The van der Waals surface area contributed by atoms with Gasteiger partial charge < -0.3 is 17.0 Å². The molecule has 0 aliphatic heterocycles. The number of para-hydroxylation sites is 3. The van der Waals surface area contributed by atoms with E-state index in [0.29, 0.717) is 0 Å². The zero-order chi connectivity index (χ0) is 19.6. The molecule has 0 spiro atoms. The van der Waals surface area contributed by atoms with Crippen molar-refractivity contribution < 1.29 is 21.5 Å². The maximum Gasteiger partial charge on any atom is 0.263 e. The number of imidazole rings is 1. The second kappa shape index (κ2) is 8.78. The van der Waals surface area contributed by atoms with Gasteiger partial charge in [0, 0.05) is 17.8 Å². The van der Waals surface area contributed by atoms with Crippen molar-refractivity contribution in [1.82, 2.24) is 9.55 Å². The fraction of sp³-hybridized carbons (Fsp3) is 0.0400. The summed E-state index contributed by atoms with van der Waals surface area (Å²) < 4.78 is 5.71. The molecule has 2 aromatic heterocycles. The van der Waals surface area contributed by atoms with E-state index in [1.54, 1.807) is 11.3 Å². The van der Waals surface area contributed by atoms with Crippen molar-refractivity contribution in [3.05, 3.63) is 102 Å². The molecule has 3 nitrogen and oxygen atoms in total. The predicted molar refractivity (Wildman–Crippen MR) is 122 cm³/mol. The minimum atomic E-state index is 0. The van der Waals surface area contributed by atoms with Gasteiger partial charge in [-0.3, -0.25) is 4.57 Å². The molecule has 0 N–H and O–H groups in total. The van der Waals surface area contributed by atoms with Crippen LogP contribution in [-0.4, -0.2) is 9.55 Å². The van der Waals surface area contributed by atoms with Crippen molar-refractivity contribution in [2.45, 2.75) is 6.54 Å². The number of thiazole rings is 1. The molecule has 0 saturated carbocycles. The quantitative estimate of drug-likeness (QED) is 0.284. The Morgan fingerprint density at radius 3 is 2.53 bits per heavy atom. The first-order valence-electron chi connectivity index (χ1n) is 9.56. The second-order valence-corrected chi connectivity index (χ2v) is 7.90. The Balaban J connectivity index is 0.00000218. The summed E-state index contributed by atoms with van der Waals surface area (Å²) in [6, 6.07) is 25.2. The van der Waals surface area contributed by atoms with Crippen molar-refractivity contribution in [2.24, 2.45) is 0 Å². The molecule has 0 radical (unpaired) electrons. The Kier molecular flexibility index (Phi) is 5.93. The van der Waals surface area contributed by atoms with Gasteiger partial charge in [-0.05, 0) is 48.0 Å². The molecule has 5 rings (SSSR count). The van der Waals surface area contributed by atoms with E-state index in [1.807, 2.05) is 30.6 Å². The lowest BCUT2D eigenvalue weighted by molar-refractivity contribution is -0.658. The van der Waals surface area contributed by atoms with Crippen molar-refractivity contribution in [3.8, 4) is 5.69 Å². The molecular formula is C25H20BrN3S. The van der Waals surface area contributed by atoms with E-state index in [9.17, 15) is 0 Å². The van der Waals surface area contributed by atoms with Crippen LogP contribution in [0.1, 0.15) is 10.6 Å². The first-order valence-corrected chi connectivity index (χ1v) is 10.4. The van der Waals surface area contributed by atoms with Crippen LogP contribution in [0.15, 0.2) is 91.8 Å². The first-order chi connectivity index (χ1) is 14.3. The van der Waals surface area contributed by atoms with Gasteiger partial charge in [-0.1, -0.05) is 54.3 Å². The molecular weight excluding hydrogens is 454 g/mol. The predicted octanol–water partition coefficient (Wildman–Crippen LogP) is 2.89. The Morgan fingerprint density at radius 1 is 0.933 bits per heavy atom. The van der Waals surface area contributed by atoms with Gasteiger partial charge in [-0.2, -0.15) is 4.57 Å². The molecule has 5 aromatic rings. The van der Waals surface area contributed by atoms with Crippen LogP contribution in [0.2, 0.25) is 0 Å². The van der Waals surface area contributed by atoms with Gasteiger partial charge >= 0.3 is 0 Å². The van der Waals surface area contributed by atoms with Crippen molar-refractivity contribution in [1.29, 1.82) is 0 Å². The highest BCUT2D eigenvalue weighted by Gasteiger charge is 2.16. The molecule has 0 fully saturated rings. The van der Waals surface area contributed by atoms with Gasteiger partial charge in [-0.25, -0.2) is 4.98 Å². The van der Waals surface area contributed by atoms with E-state index in [0.717, 1.165) is 23.3 Å². The number of hydrogen-bond acceptors (Lipinski definition) is 2. The van der Waals surface area contributed by atoms with Crippen LogP contribution in [0.3, 0.4) is 0 Å². The maximum absolute atomic E-state index is 4.48. The summed E-state index contributed by atoms with van der Waals surface area (Å²) in [5.74, 6) is 0. The number of fused-ring (bicyclic) bond motifs is 2. The molecule has 0 bridgehead atoms. The van der Waals surface area contributed by atoms with Crippen molar-refractivity contribution in [3.63, 3.8) is 0 Å². The normalized spacial score (nSPS) is 11.2. The van der Waals surface area contributed by atoms with Gasteiger partial charge in [0.15, 0.2) is 6.54 Å². The molecule has 0 aliphatic rings. The monoisotopic (exact) mass is 473 g/mol. The van der Waals surface area contributed by atoms with Crippen LogP contribution >= 0.6 is 11.3 Å². The number of nitrogens with zero attached hydrogens (tertiary/aromatic N) is 3. The molecule has 0 saturated heterocycles. The van der Waals surface area contributed by atoms with E-state index in [-0.39, 0.29) is 17.0 Å². The number of halogens is 1. The van der Waals surface area contributed by atoms with Crippen LogP contribution in [0.4, 0.5) is 0 Å². The zero-order valence-corrected chi connectivity index (χ0v) is 18.7. The van der Waals surface area contributed by atoms with Crippen molar-refractivity contribution in [2.75, 3.05) is 0 Å². The fourth-order valence-corrected chi connectivity index (χ4v) is 4.65. The van der Waals surface area contributed by atoms with E-state index < -0.39 is 0 Å². The average Bonchev–Trinajstić information content (AvgIpc) is 3.35. The van der Waals surface area contributed by atoms with E-state index >= 15 is 0 Å². The van der Waals surface area contributed by atoms with Crippen LogP contribution in [0, 0.1) is 0 Å². The smallest absolute Gasteiger partial charge is 0.263 e. The summed E-state index contributed by atoms with van der Waals surface area (Å²) in [7, 11) is 0. The third-order valence-electron chi connectivity index (χ3n) is 4.99. The summed E-state index contributed by atoms with van der Waals surface area (Å²) in [6.45, 7) is 4.71. The minimum absolute atomic E-state index is 0. The minimum Gasteiger partial charge on any atom is -1.00 e. The number of benzene rings is 3. The van der Waals surface area contributed by atoms with Gasteiger partial charge in [0.25, 0.3) is 5.01 Å². The Labute approximate surface area is 190 Å². The highest BCUT2D eigenvalue weighted by atomic mass is 79.9. The molecule has 148 valence electrons. The molecule has 5 heteroatoms. The molecule has 0 unspecified atom stereocenters. The highest BCUT2D eigenvalue weighted by molar-refractivity contribution is 7.18. The Morgan fingerprint density at radius 2 is 1.70 bits per heavy atom. The highest BCUT2D eigenvalue weighted by Crippen LogP contribution is 2.23. The lowest BCUT2D eigenvalue weighted by atomic mass is 10.2. The van der Waals surface area contributed by atoms with Gasteiger partial charge in [0.05, 0.1) is 11.0 Å². The van der Waals surface area contributed by atoms with E-state index in [4.69, 9.17) is 0 Å². The Hall–Kier alpha value is -3.02. The van der Waals surface area contributed by atoms with Crippen LogP contribution < -0.4 is 21.5 Å². The summed E-state index contributed by atoms with van der Waals surface area (Å²) in [5, 5.41) is 1.22. The fourth-order valence-electron chi connectivity index (χ4n) is 3.57. The third kappa shape index (κ3) is 3.74. The number of allylic oxidation sites excluding steroid dienone is 1. The SMILES string of the molecule is C=CC[n+]1c(/C=C/c2ccc(-n3cnc4ccccc43)cc2)sc2ccccc21.[Br-]. The largest absolute Gasteiger partial charge is 1.00 e. The summed E-state index contributed by atoms with van der Waals surface area (Å²) >= 11 is 1.80. The zero-order valence-electron chi connectivity index (χ0n) is 16.3. The summed E-state index contributed by atoms with van der Waals surface area (Å²) in [5.41, 5.74) is 5.65. The van der Waals surface area contributed by atoms with Gasteiger partial charge in [-0.15, -0.1) is 0 Å². The lowest BCUT2D eigenvalue weighted by Gasteiger charge is -2.04. The maximum atomic E-state index is 4.48. The molecule has 0 aliphatic carbocycles. The topological polar surface area (TPSA) is 21.7 Å². The van der Waals surface area contributed by atoms with Crippen LogP contribution in [0.25, 0.3) is 39.1 Å². The van der Waals surface area contributed by atoms with Crippen LogP contribution in [0.5, 0.6) is 0 Å². The Bertz CT molecular complexity index is 1350.